The highest BCUT2D eigenvalue weighted by atomic mass is 16.5. The SMILES string of the molecule is C=C/C=C(/OC)C(=C)CN. The second kappa shape index (κ2) is 4.82. The third kappa shape index (κ3) is 2.51. The van der Waals surface area contributed by atoms with Gasteiger partial charge >= 0.3 is 0 Å². The normalized spacial score (nSPS) is 10.8. The molecule has 2 nitrogen and oxygen atoms in total. The molecule has 0 aromatic rings. The van der Waals surface area contributed by atoms with Crippen LogP contribution in [0.15, 0.2) is 36.6 Å². The summed E-state index contributed by atoms with van der Waals surface area (Å²) in [5.74, 6) is 0.692. The molecule has 0 aliphatic heterocycles. The van der Waals surface area contributed by atoms with Crippen molar-refractivity contribution in [2.24, 2.45) is 5.73 Å². The lowest BCUT2D eigenvalue weighted by Gasteiger charge is -2.04. The Kier molecular flexibility index (Phi) is 4.33. The van der Waals surface area contributed by atoms with Gasteiger partial charge in [0.15, 0.2) is 0 Å². The van der Waals surface area contributed by atoms with Gasteiger partial charge in [-0.2, -0.15) is 0 Å². The van der Waals surface area contributed by atoms with Crippen molar-refractivity contribution in [3.05, 3.63) is 36.6 Å². The lowest BCUT2D eigenvalue weighted by molar-refractivity contribution is 0.300. The number of rotatable bonds is 4. The van der Waals surface area contributed by atoms with Gasteiger partial charge in [0.2, 0.25) is 0 Å². The van der Waals surface area contributed by atoms with E-state index in [1.165, 1.54) is 0 Å². The summed E-state index contributed by atoms with van der Waals surface area (Å²) in [6.45, 7) is 7.63. The Balaban J connectivity index is 4.19. The Morgan fingerprint density at radius 3 is 2.60 bits per heavy atom. The molecule has 0 aromatic carbocycles. The van der Waals surface area contributed by atoms with Crippen molar-refractivity contribution >= 4 is 0 Å². The number of ether oxygens (including phenoxy) is 1. The molecular formula is C8H13NO. The zero-order chi connectivity index (χ0) is 7.98. The van der Waals surface area contributed by atoms with E-state index < -0.39 is 0 Å². The van der Waals surface area contributed by atoms with E-state index in [2.05, 4.69) is 13.2 Å². The highest BCUT2D eigenvalue weighted by Gasteiger charge is 1.96. The van der Waals surface area contributed by atoms with Crippen molar-refractivity contribution in [2.45, 2.75) is 0 Å². The summed E-state index contributed by atoms with van der Waals surface area (Å²) in [6, 6.07) is 0. The number of methoxy groups -OCH3 is 1. The Labute approximate surface area is 61.7 Å². The van der Waals surface area contributed by atoms with Gasteiger partial charge in [-0.25, -0.2) is 0 Å². The van der Waals surface area contributed by atoms with Gasteiger partial charge in [0, 0.05) is 12.1 Å². The van der Waals surface area contributed by atoms with Crippen molar-refractivity contribution < 1.29 is 4.74 Å². The summed E-state index contributed by atoms with van der Waals surface area (Å²) in [6.07, 6.45) is 3.37. The summed E-state index contributed by atoms with van der Waals surface area (Å²) < 4.78 is 4.95. The highest BCUT2D eigenvalue weighted by molar-refractivity contribution is 5.26. The van der Waals surface area contributed by atoms with Crippen LogP contribution in [0.1, 0.15) is 0 Å². The third-order valence-electron chi connectivity index (χ3n) is 1.08. The minimum Gasteiger partial charge on any atom is -0.496 e. The van der Waals surface area contributed by atoms with Crippen molar-refractivity contribution in [2.75, 3.05) is 13.7 Å². The van der Waals surface area contributed by atoms with Crippen molar-refractivity contribution in [3.8, 4) is 0 Å². The molecule has 0 rings (SSSR count). The Hall–Kier alpha value is -1.02. The monoisotopic (exact) mass is 139 g/mol. The molecule has 0 saturated carbocycles. The molecule has 0 aliphatic carbocycles. The van der Waals surface area contributed by atoms with Gasteiger partial charge in [-0.05, 0) is 6.08 Å². The molecular weight excluding hydrogens is 126 g/mol. The smallest absolute Gasteiger partial charge is 0.122 e. The lowest BCUT2D eigenvalue weighted by Crippen LogP contribution is -2.05. The lowest BCUT2D eigenvalue weighted by atomic mass is 10.2. The summed E-state index contributed by atoms with van der Waals surface area (Å²) >= 11 is 0. The fraction of sp³-hybridized carbons (Fsp3) is 0.250. The number of nitrogens with two attached hydrogens (primary N) is 1. The molecule has 0 unspecified atom stereocenters. The van der Waals surface area contributed by atoms with Crippen LogP contribution in [0.2, 0.25) is 0 Å². The van der Waals surface area contributed by atoms with Gasteiger partial charge in [-0.15, -0.1) is 0 Å². The predicted octanol–water partition coefficient (Wildman–Crippen LogP) is 1.22. The van der Waals surface area contributed by atoms with E-state index in [1.807, 2.05) is 0 Å². The van der Waals surface area contributed by atoms with Crippen LogP contribution >= 0.6 is 0 Å². The first-order valence-corrected chi connectivity index (χ1v) is 3.01. The molecule has 0 saturated heterocycles. The molecule has 0 aliphatic rings. The molecule has 10 heavy (non-hydrogen) atoms. The second-order valence-corrected chi connectivity index (χ2v) is 1.78. The first-order chi connectivity index (χ1) is 4.76. The zero-order valence-corrected chi connectivity index (χ0v) is 6.26. The van der Waals surface area contributed by atoms with E-state index in [0.29, 0.717) is 12.3 Å². The standard InChI is InChI=1S/C8H13NO/c1-4-5-8(10-3)7(2)6-9/h4-5H,1-2,6,9H2,3H3/b8-5+. The Morgan fingerprint density at radius 2 is 2.30 bits per heavy atom. The fourth-order valence-electron chi connectivity index (χ4n) is 0.538. The Bertz CT molecular complexity index is 159. The molecule has 56 valence electrons. The maximum Gasteiger partial charge on any atom is 0.122 e. The first kappa shape index (κ1) is 8.98. The van der Waals surface area contributed by atoms with Crippen molar-refractivity contribution in [1.29, 1.82) is 0 Å². The van der Waals surface area contributed by atoms with Crippen molar-refractivity contribution in [3.63, 3.8) is 0 Å². The maximum absolute atomic E-state index is 5.32. The van der Waals surface area contributed by atoms with E-state index in [-0.39, 0.29) is 0 Å². The molecule has 0 amide bonds. The van der Waals surface area contributed by atoms with E-state index in [9.17, 15) is 0 Å². The predicted molar refractivity (Wildman–Crippen MR) is 43.5 cm³/mol. The Morgan fingerprint density at radius 1 is 1.70 bits per heavy atom. The minimum atomic E-state index is 0.410. The molecule has 0 fully saturated rings. The van der Waals surface area contributed by atoms with Crippen molar-refractivity contribution in [1.82, 2.24) is 0 Å². The number of hydrogen-bond donors (Lipinski definition) is 1. The molecule has 2 heteroatoms. The summed E-state index contributed by atoms with van der Waals surface area (Å²) in [5, 5.41) is 0. The molecule has 0 spiro atoms. The van der Waals surface area contributed by atoms with Crippen LogP contribution in [0.4, 0.5) is 0 Å². The zero-order valence-electron chi connectivity index (χ0n) is 6.26. The summed E-state index contributed by atoms with van der Waals surface area (Å²) in [7, 11) is 1.58. The minimum absolute atomic E-state index is 0.410. The van der Waals surface area contributed by atoms with E-state index in [0.717, 1.165) is 5.57 Å². The van der Waals surface area contributed by atoms with Crippen LogP contribution in [-0.4, -0.2) is 13.7 Å². The third-order valence-corrected chi connectivity index (χ3v) is 1.08. The molecule has 0 bridgehead atoms. The fourth-order valence-corrected chi connectivity index (χ4v) is 0.538. The largest absolute Gasteiger partial charge is 0.496 e. The van der Waals surface area contributed by atoms with Gasteiger partial charge in [-0.1, -0.05) is 19.2 Å². The van der Waals surface area contributed by atoms with Gasteiger partial charge in [-0.3, -0.25) is 0 Å². The van der Waals surface area contributed by atoms with Crippen LogP contribution in [0.3, 0.4) is 0 Å². The molecule has 0 atom stereocenters. The quantitative estimate of drug-likeness (QED) is 0.469. The molecule has 0 aromatic heterocycles. The van der Waals surface area contributed by atoms with Gasteiger partial charge in [0.25, 0.3) is 0 Å². The molecule has 2 N–H and O–H groups in total. The van der Waals surface area contributed by atoms with E-state index in [1.54, 1.807) is 19.3 Å². The highest BCUT2D eigenvalue weighted by Crippen LogP contribution is 2.05. The average molecular weight is 139 g/mol. The van der Waals surface area contributed by atoms with Crippen LogP contribution in [0, 0.1) is 0 Å². The number of allylic oxidation sites excluding steroid dienone is 2. The van der Waals surface area contributed by atoms with Gasteiger partial charge in [0.1, 0.15) is 5.76 Å². The molecule has 0 radical (unpaired) electrons. The van der Waals surface area contributed by atoms with Gasteiger partial charge < -0.3 is 10.5 Å². The van der Waals surface area contributed by atoms with Crippen LogP contribution in [-0.2, 0) is 4.74 Å². The van der Waals surface area contributed by atoms with E-state index >= 15 is 0 Å². The molecule has 0 heterocycles. The van der Waals surface area contributed by atoms with Crippen LogP contribution in [0.5, 0.6) is 0 Å². The van der Waals surface area contributed by atoms with Crippen LogP contribution in [0.25, 0.3) is 0 Å². The number of hydrogen-bond acceptors (Lipinski definition) is 2. The van der Waals surface area contributed by atoms with E-state index in [4.69, 9.17) is 10.5 Å². The first-order valence-electron chi connectivity index (χ1n) is 3.01. The second-order valence-electron chi connectivity index (χ2n) is 1.78. The summed E-state index contributed by atoms with van der Waals surface area (Å²) in [5.41, 5.74) is 6.10. The topological polar surface area (TPSA) is 35.2 Å². The van der Waals surface area contributed by atoms with Crippen LogP contribution < -0.4 is 5.73 Å². The average Bonchev–Trinajstić information content (AvgIpc) is 1.99. The summed E-state index contributed by atoms with van der Waals surface area (Å²) in [4.78, 5) is 0. The van der Waals surface area contributed by atoms with Gasteiger partial charge in [0.05, 0.1) is 7.11 Å². The maximum atomic E-state index is 5.32.